The van der Waals surface area contributed by atoms with Crippen LogP contribution in [0.4, 0.5) is 0 Å². The fourth-order valence-corrected chi connectivity index (χ4v) is 2.68. The van der Waals surface area contributed by atoms with Crippen LogP contribution in [0.15, 0.2) is 11.6 Å². The van der Waals surface area contributed by atoms with E-state index in [1.54, 1.807) is 0 Å². The van der Waals surface area contributed by atoms with Crippen LogP contribution >= 0.6 is 0 Å². The summed E-state index contributed by atoms with van der Waals surface area (Å²) in [6.45, 7) is 4.72. The second-order valence-electron chi connectivity index (χ2n) is 4.94. The number of imidazole rings is 1. The molecule has 0 bridgehead atoms. The second kappa shape index (κ2) is 6.04. The summed E-state index contributed by atoms with van der Waals surface area (Å²) in [6.07, 6.45) is 7.33. The van der Waals surface area contributed by atoms with Gasteiger partial charge in [-0.05, 0) is 39.0 Å². The quantitative estimate of drug-likeness (QED) is 0.619. The Morgan fingerprint density at radius 2 is 2.16 bits per heavy atom. The molecular formula is C15H22N2O2. The molecule has 0 fully saturated rings. The summed E-state index contributed by atoms with van der Waals surface area (Å²) in [5.74, 6) is 0.817. The predicted octanol–water partition coefficient (Wildman–Crippen LogP) is 2.58. The molecule has 2 rings (SSSR count). The normalized spacial score (nSPS) is 15.2. The summed E-state index contributed by atoms with van der Waals surface area (Å²) >= 11 is 0. The van der Waals surface area contributed by atoms with Crippen molar-refractivity contribution < 1.29 is 9.53 Å². The fourth-order valence-electron chi connectivity index (χ4n) is 2.68. The van der Waals surface area contributed by atoms with Gasteiger partial charge in [-0.2, -0.15) is 0 Å². The van der Waals surface area contributed by atoms with Gasteiger partial charge in [-0.15, -0.1) is 0 Å². The highest BCUT2D eigenvalue weighted by atomic mass is 16.5. The first-order chi connectivity index (χ1) is 9.17. The van der Waals surface area contributed by atoms with Crippen LogP contribution in [-0.2, 0) is 28.9 Å². The lowest BCUT2D eigenvalue weighted by Crippen LogP contribution is -2.10. The van der Waals surface area contributed by atoms with E-state index in [4.69, 9.17) is 4.74 Å². The molecule has 1 aromatic rings. The third-order valence-corrected chi connectivity index (χ3v) is 3.77. The highest BCUT2D eigenvalue weighted by Gasteiger charge is 2.17. The Kier molecular flexibility index (Phi) is 4.40. The summed E-state index contributed by atoms with van der Waals surface area (Å²) in [4.78, 5) is 16.2. The van der Waals surface area contributed by atoms with Crippen LogP contribution in [0.1, 0.15) is 43.4 Å². The van der Waals surface area contributed by atoms with Crippen LogP contribution in [0.2, 0.25) is 0 Å². The molecule has 1 aliphatic rings. The minimum atomic E-state index is -0.228. The molecule has 0 saturated heterocycles. The van der Waals surface area contributed by atoms with Crippen molar-refractivity contribution in [2.24, 2.45) is 0 Å². The number of ether oxygens (including phenoxy) is 1. The standard InChI is InChI=1S/C15H22N2O2/c1-4-12(15(18)19-3)9-10-17-11(2)16-13-7-5-6-8-14(13)17/h9H,4-8,10H2,1-3H3. The van der Waals surface area contributed by atoms with E-state index in [2.05, 4.69) is 9.55 Å². The van der Waals surface area contributed by atoms with Crippen molar-refractivity contribution in [2.45, 2.75) is 52.5 Å². The summed E-state index contributed by atoms with van der Waals surface area (Å²) in [7, 11) is 1.43. The smallest absolute Gasteiger partial charge is 0.333 e. The molecule has 0 spiro atoms. The van der Waals surface area contributed by atoms with Crippen LogP contribution in [0.5, 0.6) is 0 Å². The van der Waals surface area contributed by atoms with Gasteiger partial charge in [0.15, 0.2) is 0 Å². The lowest BCUT2D eigenvalue weighted by atomic mass is 10.0. The Morgan fingerprint density at radius 3 is 2.84 bits per heavy atom. The van der Waals surface area contributed by atoms with Gasteiger partial charge < -0.3 is 9.30 Å². The Hall–Kier alpha value is -1.58. The van der Waals surface area contributed by atoms with Gasteiger partial charge in [0.2, 0.25) is 0 Å². The number of methoxy groups -OCH3 is 1. The minimum absolute atomic E-state index is 0.228. The number of fused-ring (bicyclic) bond motifs is 1. The SMILES string of the molecule is CCC(=CCn1c(C)nc2c1CCCC2)C(=O)OC. The topological polar surface area (TPSA) is 44.1 Å². The number of hydrogen-bond acceptors (Lipinski definition) is 3. The van der Waals surface area contributed by atoms with Gasteiger partial charge in [0.05, 0.1) is 12.8 Å². The van der Waals surface area contributed by atoms with Crippen molar-refractivity contribution in [2.75, 3.05) is 7.11 Å². The Balaban J connectivity index is 2.21. The molecule has 19 heavy (non-hydrogen) atoms. The zero-order valence-electron chi connectivity index (χ0n) is 12.0. The molecule has 1 aliphatic carbocycles. The molecule has 1 aromatic heterocycles. The molecule has 0 saturated carbocycles. The molecule has 0 amide bonds. The predicted molar refractivity (Wildman–Crippen MR) is 74.0 cm³/mol. The molecule has 1 heterocycles. The number of rotatable bonds is 4. The van der Waals surface area contributed by atoms with E-state index in [1.165, 1.54) is 31.3 Å². The number of carbonyl (C=O) groups excluding carboxylic acids is 1. The van der Waals surface area contributed by atoms with Crippen molar-refractivity contribution in [3.8, 4) is 0 Å². The second-order valence-corrected chi connectivity index (χ2v) is 4.94. The van der Waals surface area contributed by atoms with Crippen LogP contribution in [0.25, 0.3) is 0 Å². The molecule has 4 heteroatoms. The number of aryl methyl sites for hydroxylation is 2. The number of hydrogen-bond donors (Lipinski definition) is 0. The first-order valence-corrected chi connectivity index (χ1v) is 6.99. The molecule has 0 N–H and O–H groups in total. The summed E-state index contributed by atoms with van der Waals surface area (Å²) < 4.78 is 7.01. The first-order valence-electron chi connectivity index (χ1n) is 6.99. The minimum Gasteiger partial charge on any atom is -0.466 e. The Bertz CT molecular complexity index is 500. The molecular weight excluding hydrogens is 240 g/mol. The maximum absolute atomic E-state index is 11.6. The zero-order chi connectivity index (χ0) is 13.8. The third-order valence-electron chi connectivity index (χ3n) is 3.77. The van der Waals surface area contributed by atoms with Crippen LogP contribution in [0.3, 0.4) is 0 Å². The van der Waals surface area contributed by atoms with Gasteiger partial charge in [0.1, 0.15) is 5.82 Å². The number of carbonyl (C=O) groups is 1. The number of esters is 1. The van der Waals surface area contributed by atoms with E-state index in [-0.39, 0.29) is 5.97 Å². The van der Waals surface area contributed by atoms with Gasteiger partial charge in [-0.25, -0.2) is 9.78 Å². The van der Waals surface area contributed by atoms with Crippen molar-refractivity contribution in [1.82, 2.24) is 9.55 Å². The zero-order valence-corrected chi connectivity index (χ0v) is 12.0. The molecule has 0 atom stereocenters. The average molecular weight is 262 g/mol. The van der Waals surface area contributed by atoms with Crippen molar-refractivity contribution >= 4 is 5.97 Å². The van der Waals surface area contributed by atoms with E-state index >= 15 is 0 Å². The average Bonchev–Trinajstić information content (AvgIpc) is 2.75. The van der Waals surface area contributed by atoms with Gasteiger partial charge in [-0.1, -0.05) is 13.0 Å². The van der Waals surface area contributed by atoms with E-state index in [9.17, 15) is 4.79 Å². The van der Waals surface area contributed by atoms with Gasteiger partial charge in [0, 0.05) is 17.8 Å². The maximum Gasteiger partial charge on any atom is 0.333 e. The Labute approximate surface area is 114 Å². The largest absolute Gasteiger partial charge is 0.466 e. The summed E-state index contributed by atoms with van der Waals surface area (Å²) in [5, 5.41) is 0. The third kappa shape index (κ3) is 2.88. The first kappa shape index (κ1) is 13.8. The van der Waals surface area contributed by atoms with Gasteiger partial charge >= 0.3 is 5.97 Å². The van der Waals surface area contributed by atoms with Crippen LogP contribution < -0.4 is 0 Å². The highest BCUT2D eigenvalue weighted by Crippen LogP contribution is 2.22. The van der Waals surface area contributed by atoms with E-state index in [1.807, 2.05) is 19.9 Å². The summed E-state index contributed by atoms with van der Waals surface area (Å²) in [6, 6.07) is 0. The molecule has 0 aromatic carbocycles. The highest BCUT2D eigenvalue weighted by molar-refractivity contribution is 5.88. The van der Waals surface area contributed by atoms with E-state index in [0.29, 0.717) is 13.0 Å². The fraction of sp³-hybridized carbons (Fsp3) is 0.600. The van der Waals surface area contributed by atoms with Crippen molar-refractivity contribution in [3.63, 3.8) is 0 Å². The van der Waals surface area contributed by atoms with Crippen molar-refractivity contribution in [3.05, 3.63) is 28.9 Å². The molecule has 0 unspecified atom stereocenters. The Morgan fingerprint density at radius 1 is 1.42 bits per heavy atom. The van der Waals surface area contributed by atoms with Gasteiger partial charge in [-0.3, -0.25) is 0 Å². The van der Waals surface area contributed by atoms with E-state index in [0.717, 1.165) is 24.2 Å². The lowest BCUT2D eigenvalue weighted by molar-refractivity contribution is -0.136. The number of aromatic nitrogens is 2. The number of allylic oxidation sites excluding steroid dienone is 1. The molecule has 0 radical (unpaired) electrons. The van der Waals surface area contributed by atoms with Gasteiger partial charge in [0.25, 0.3) is 0 Å². The molecule has 0 aliphatic heterocycles. The monoisotopic (exact) mass is 262 g/mol. The van der Waals surface area contributed by atoms with Crippen molar-refractivity contribution in [1.29, 1.82) is 0 Å². The lowest BCUT2D eigenvalue weighted by Gasteiger charge is -2.14. The van der Waals surface area contributed by atoms with Crippen LogP contribution in [-0.4, -0.2) is 22.6 Å². The molecule has 104 valence electrons. The molecule has 4 nitrogen and oxygen atoms in total. The number of nitrogens with zero attached hydrogens (tertiary/aromatic N) is 2. The van der Waals surface area contributed by atoms with E-state index < -0.39 is 0 Å². The van der Waals surface area contributed by atoms with Crippen LogP contribution in [0, 0.1) is 6.92 Å². The summed E-state index contributed by atoms with van der Waals surface area (Å²) in [5.41, 5.74) is 3.33. The maximum atomic E-state index is 11.6.